The Hall–Kier alpha value is -1.59. The molecule has 0 bridgehead atoms. The van der Waals surface area contributed by atoms with Crippen LogP contribution in [0.1, 0.15) is 0 Å². The molecule has 0 aromatic rings. The third-order valence-corrected chi connectivity index (χ3v) is 1.52. The van der Waals surface area contributed by atoms with Gasteiger partial charge >= 0.3 is 0 Å². The Morgan fingerprint density at radius 1 is 1.71 bits per heavy atom. The van der Waals surface area contributed by atoms with Gasteiger partial charge in [0.25, 0.3) is 0 Å². The number of hydrogen-bond acceptors (Lipinski definition) is 5. The summed E-state index contributed by atoms with van der Waals surface area (Å²) in [6.45, 7) is 3.80. The molecule has 0 saturated heterocycles. The van der Waals surface area contributed by atoms with Crippen molar-refractivity contribution in [3.05, 3.63) is 36.3 Å². The number of hydrazine groups is 1. The van der Waals surface area contributed by atoms with Gasteiger partial charge in [-0.1, -0.05) is 12.7 Å². The number of aliphatic hydroxyl groups excluding tert-OH is 2. The van der Waals surface area contributed by atoms with Crippen molar-refractivity contribution in [2.45, 2.75) is 6.23 Å². The maximum atomic E-state index is 9.19. The first kappa shape index (κ1) is 10.5. The van der Waals surface area contributed by atoms with E-state index in [0.29, 0.717) is 12.2 Å². The summed E-state index contributed by atoms with van der Waals surface area (Å²) in [4.78, 5) is 3.71. The molecule has 1 atom stereocenters. The molecule has 0 fully saturated rings. The first-order valence-electron chi connectivity index (χ1n) is 4.15. The van der Waals surface area contributed by atoms with Crippen molar-refractivity contribution >= 4 is 6.21 Å². The smallest absolute Gasteiger partial charge is 0.187 e. The predicted octanol–water partition coefficient (Wildman–Crippen LogP) is -0.00480. The molecule has 0 aromatic heterocycles. The fraction of sp³-hybridized carbons (Fsp3) is 0.222. The number of rotatable bonds is 5. The number of hydrogen-bond donors (Lipinski definition) is 4. The molecule has 0 spiro atoms. The number of nitrogens with one attached hydrogen (secondary N) is 2. The van der Waals surface area contributed by atoms with Gasteiger partial charge in [0, 0.05) is 12.8 Å². The largest absolute Gasteiger partial charge is 0.509 e. The SMILES string of the molecule is C=C(O)/C=C\CNNC1=CC=NC1O. The van der Waals surface area contributed by atoms with Gasteiger partial charge in [-0.15, -0.1) is 0 Å². The maximum absolute atomic E-state index is 9.19. The highest BCUT2D eigenvalue weighted by atomic mass is 16.3. The lowest BCUT2D eigenvalue weighted by atomic mass is 10.4. The summed E-state index contributed by atoms with van der Waals surface area (Å²) in [6.07, 6.45) is 5.56. The van der Waals surface area contributed by atoms with Gasteiger partial charge in [-0.25, -0.2) is 5.43 Å². The highest BCUT2D eigenvalue weighted by molar-refractivity contribution is 5.75. The van der Waals surface area contributed by atoms with Crippen molar-refractivity contribution < 1.29 is 10.2 Å². The van der Waals surface area contributed by atoms with E-state index in [1.807, 2.05) is 0 Å². The zero-order chi connectivity index (χ0) is 10.4. The summed E-state index contributed by atoms with van der Waals surface area (Å²) in [5.74, 6) is 0.00949. The van der Waals surface area contributed by atoms with E-state index in [4.69, 9.17) is 5.11 Å². The predicted molar refractivity (Wildman–Crippen MR) is 54.6 cm³/mol. The van der Waals surface area contributed by atoms with Crippen LogP contribution in [0.5, 0.6) is 0 Å². The molecule has 1 heterocycles. The van der Waals surface area contributed by atoms with E-state index in [1.165, 1.54) is 12.3 Å². The summed E-state index contributed by atoms with van der Waals surface area (Å²) in [5.41, 5.74) is 6.19. The molecule has 0 radical (unpaired) electrons. The molecule has 1 unspecified atom stereocenters. The zero-order valence-corrected chi connectivity index (χ0v) is 7.64. The van der Waals surface area contributed by atoms with E-state index in [-0.39, 0.29) is 5.76 Å². The topological polar surface area (TPSA) is 76.9 Å². The lowest BCUT2D eigenvalue weighted by molar-refractivity contribution is 0.213. The van der Waals surface area contributed by atoms with Crippen LogP contribution in [0.25, 0.3) is 0 Å². The average Bonchev–Trinajstić information content (AvgIpc) is 2.51. The third-order valence-electron chi connectivity index (χ3n) is 1.52. The van der Waals surface area contributed by atoms with Crippen LogP contribution in [0.3, 0.4) is 0 Å². The Bertz CT molecular complexity index is 294. The van der Waals surface area contributed by atoms with Gasteiger partial charge in [0.1, 0.15) is 5.76 Å². The van der Waals surface area contributed by atoms with E-state index in [9.17, 15) is 5.11 Å². The summed E-state index contributed by atoms with van der Waals surface area (Å²) in [5, 5.41) is 17.9. The van der Waals surface area contributed by atoms with Crippen molar-refractivity contribution in [3.8, 4) is 0 Å². The molecular weight excluding hydrogens is 182 g/mol. The monoisotopic (exact) mass is 195 g/mol. The van der Waals surface area contributed by atoms with E-state index in [0.717, 1.165) is 0 Å². The Morgan fingerprint density at radius 2 is 2.50 bits per heavy atom. The summed E-state index contributed by atoms with van der Waals surface area (Å²) < 4.78 is 0. The van der Waals surface area contributed by atoms with Crippen molar-refractivity contribution in [2.75, 3.05) is 6.54 Å². The Labute approximate surface area is 82.1 Å². The van der Waals surface area contributed by atoms with Crippen molar-refractivity contribution in [1.82, 2.24) is 10.9 Å². The molecule has 4 N–H and O–H groups in total. The molecule has 5 heteroatoms. The lowest BCUT2D eigenvalue weighted by Crippen LogP contribution is -2.34. The molecule has 0 saturated carbocycles. The minimum Gasteiger partial charge on any atom is -0.509 e. The molecule has 1 aliphatic heterocycles. The Morgan fingerprint density at radius 3 is 3.07 bits per heavy atom. The fourth-order valence-corrected chi connectivity index (χ4v) is 0.884. The molecule has 1 rings (SSSR count). The Kier molecular flexibility index (Phi) is 3.90. The van der Waals surface area contributed by atoms with Crippen LogP contribution in [-0.2, 0) is 0 Å². The molecule has 0 aromatic carbocycles. The normalized spacial score (nSPS) is 20.1. The van der Waals surface area contributed by atoms with Gasteiger partial charge in [-0.05, 0) is 12.2 Å². The van der Waals surface area contributed by atoms with E-state index in [2.05, 4.69) is 22.4 Å². The minimum atomic E-state index is -0.806. The van der Waals surface area contributed by atoms with Gasteiger partial charge in [0.2, 0.25) is 0 Å². The molecule has 76 valence electrons. The molecule has 1 aliphatic rings. The van der Waals surface area contributed by atoms with Crippen LogP contribution in [0, 0.1) is 0 Å². The Balaban J connectivity index is 2.14. The van der Waals surface area contributed by atoms with Gasteiger partial charge in [0.15, 0.2) is 6.23 Å². The van der Waals surface area contributed by atoms with Crippen molar-refractivity contribution in [2.24, 2.45) is 4.99 Å². The molecule has 5 nitrogen and oxygen atoms in total. The van der Waals surface area contributed by atoms with Gasteiger partial charge in [-0.3, -0.25) is 4.99 Å². The highest BCUT2D eigenvalue weighted by Gasteiger charge is 2.10. The van der Waals surface area contributed by atoms with Crippen LogP contribution in [0.4, 0.5) is 0 Å². The standard InChI is InChI=1S/C9H13N3O2/c1-7(13)3-2-5-11-12-8-4-6-10-9(8)14/h2-4,6,9,11-14H,1,5H2/b3-2-. The number of nitrogens with zero attached hydrogens (tertiary/aromatic N) is 1. The van der Waals surface area contributed by atoms with Crippen molar-refractivity contribution in [1.29, 1.82) is 0 Å². The van der Waals surface area contributed by atoms with Gasteiger partial charge < -0.3 is 15.6 Å². The van der Waals surface area contributed by atoms with Crippen LogP contribution >= 0.6 is 0 Å². The fourth-order valence-electron chi connectivity index (χ4n) is 0.884. The summed E-state index contributed by atoms with van der Waals surface area (Å²) >= 11 is 0. The second kappa shape index (κ2) is 5.21. The van der Waals surface area contributed by atoms with Gasteiger partial charge in [-0.2, -0.15) is 0 Å². The number of aliphatic hydroxyl groups is 2. The lowest BCUT2D eigenvalue weighted by Gasteiger charge is -2.09. The number of aliphatic imine (C=N–C) groups is 1. The second-order valence-corrected chi connectivity index (χ2v) is 2.69. The average molecular weight is 195 g/mol. The number of allylic oxidation sites excluding steroid dienone is 2. The summed E-state index contributed by atoms with van der Waals surface area (Å²) in [7, 11) is 0. The van der Waals surface area contributed by atoms with E-state index >= 15 is 0 Å². The maximum Gasteiger partial charge on any atom is 0.187 e. The van der Waals surface area contributed by atoms with Crippen LogP contribution in [-0.4, -0.2) is 29.2 Å². The second-order valence-electron chi connectivity index (χ2n) is 2.69. The molecular formula is C9H13N3O2. The van der Waals surface area contributed by atoms with Crippen LogP contribution < -0.4 is 10.9 Å². The quantitative estimate of drug-likeness (QED) is 0.215. The van der Waals surface area contributed by atoms with E-state index < -0.39 is 6.23 Å². The van der Waals surface area contributed by atoms with Crippen molar-refractivity contribution in [3.63, 3.8) is 0 Å². The molecule has 0 aliphatic carbocycles. The molecule has 14 heavy (non-hydrogen) atoms. The van der Waals surface area contributed by atoms with E-state index in [1.54, 1.807) is 12.2 Å². The van der Waals surface area contributed by atoms with Crippen LogP contribution in [0.15, 0.2) is 41.3 Å². The highest BCUT2D eigenvalue weighted by Crippen LogP contribution is 2.02. The first-order chi connectivity index (χ1) is 6.70. The van der Waals surface area contributed by atoms with Crippen LogP contribution in [0.2, 0.25) is 0 Å². The molecule has 0 amide bonds. The zero-order valence-electron chi connectivity index (χ0n) is 7.64. The van der Waals surface area contributed by atoms with Gasteiger partial charge in [0.05, 0.1) is 5.70 Å². The summed E-state index contributed by atoms with van der Waals surface area (Å²) in [6, 6.07) is 0. The third kappa shape index (κ3) is 3.42. The minimum absolute atomic E-state index is 0.00949. The first-order valence-corrected chi connectivity index (χ1v) is 4.15.